The summed E-state index contributed by atoms with van der Waals surface area (Å²) in [4.78, 5) is 8.82. The van der Waals surface area contributed by atoms with Crippen molar-refractivity contribution in [2.24, 2.45) is 11.8 Å². The number of nitrogens with zero attached hydrogens (tertiary/aromatic N) is 2. The molecule has 2 atom stereocenters. The highest BCUT2D eigenvalue weighted by atomic mass is 16.5. The molecule has 98 valence electrons. The molecule has 0 radical (unpaired) electrons. The molecule has 0 aromatic carbocycles. The van der Waals surface area contributed by atoms with E-state index in [1.807, 2.05) is 0 Å². The number of methoxy groups -OCH3 is 2. The number of hydrogen-bond donors (Lipinski definition) is 1. The lowest BCUT2D eigenvalue weighted by atomic mass is 10.0. The fourth-order valence-electron chi connectivity index (χ4n) is 3.29. The Morgan fingerprint density at radius 1 is 1.17 bits per heavy atom. The van der Waals surface area contributed by atoms with Crippen LogP contribution in [0.2, 0.25) is 0 Å². The van der Waals surface area contributed by atoms with E-state index in [9.17, 15) is 0 Å². The number of fused-ring (bicyclic) bond motifs is 1. The maximum absolute atomic E-state index is 5.33. The number of nitrogens with one attached hydrogen (secondary N) is 1. The third kappa shape index (κ3) is 1.92. The third-order valence-corrected chi connectivity index (χ3v) is 4.19. The van der Waals surface area contributed by atoms with Crippen LogP contribution in [0.15, 0.2) is 6.20 Å². The summed E-state index contributed by atoms with van der Waals surface area (Å²) in [7, 11) is 3.27. The van der Waals surface area contributed by atoms with Crippen molar-refractivity contribution in [3.05, 3.63) is 11.9 Å². The molecule has 1 saturated heterocycles. The highest BCUT2D eigenvalue weighted by Crippen LogP contribution is 2.45. The lowest BCUT2D eigenvalue weighted by Crippen LogP contribution is -2.12. The molecule has 0 spiro atoms. The van der Waals surface area contributed by atoms with Gasteiger partial charge in [0.25, 0.3) is 0 Å². The fraction of sp³-hybridized carbons (Fsp3) is 0.692. The van der Waals surface area contributed by atoms with Gasteiger partial charge in [-0.15, -0.1) is 0 Å². The van der Waals surface area contributed by atoms with Crippen molar-refractivity contribution in [1.82, 2.24) is 15.3 Å². The Labute approximate surface area is 107 Å². The molecule has 1 aromatic rings. The molecule has 1 aromatic heterocycles. The van der Waals surface area contributed by atoms with Gasteiger partial charge in [-0.2, -0.15) is 0 Å². The van der Waals surface area contributed by atoms with Crippen LogP contribution in [0, 0.1) is 11.8 Å². The van der Waals surface area contributed by atoms with Crippen LogP contribution in [0.3, 0.4) is 0 Å². The van der Waals surface area contributed by atoms with Gasteiger partial charge in [-0.1, -0.05) is 0 Å². The van der Waals surface area contributed by atoms with E-state index in [4.69, 9.17) is 9.47 Å². The first-order valence-electron chi connectivity index (χ1n) is 6.47. The predicted octanol–water partition coefficient (Wildman–Crippen LogP) is 1.21. The zero-order valence-corrected chi connectivity index (χ0v) is 10.8. The Kier molecular flexibility index (Phi) is 3.07. The highest BCUT2D eigenvalue weighted by molar-refractivity contribution is 5.27. The Morgan fingerprint density at radius 3 is 2.50 bits per heavy atom. The van der Waals surface area contributed by atoms with E-state index in [1.165, 1.54) is 12.8 Å². The molecule has 2 aliphatic rings. The topological polar surface area (TPSA) is 56.3 Å². The lowest BCUT2D eigenvalue weighted by Gasteiger charge is -2.14. The smallest absolute Gasteiger partial charge is 0.235 e. The van der Waals surface area contributed by atoms with Crippen LogP contribution < -0.4 is 14.8 Å². The molecule has 2 unspecified atom stereocenters. The second-order valence-corrected chi connectivity index (χ2v) is 5.15. The van der Waals surface area contributed by atoms with Crippen molar-refractivity contribution in [3.63, 3.8) is 0 Å². The van der Waals surface area contributed by atoms with Crippen LogP contribution >= 0.6 is 0 Å². The molecule has 5 nitrogen and oxygen atoms in total. The van der Waals surface area contributed by atoms with E-state index in [0.29, 0.717) is 17.7 Å². The van der Waals surface area contributed by atoms with Gasteiger partial charge < -0.3 is 14.8 Å². The third-order valence-electron chi connectivity index (χ3n) is 4.19. The molecule has 1 saturated carbocycles. The summed E-state index contributed by atoms with van der Waals surface area (Å²) in [6, 6.07) is 0. The van der Waals surface area contributed by atoms with E-state index in [-0.39, 0.29) is 0 Å². The molecule has 1 aliphatic heterocycles. The molecule has 0 bridgehead atoms. The molecule has 2 heterocycles. The number of aromatic nitrogens is 2. The Hall–Kier alpha value is -1.36. The molecule has 2 fully saturated rings. The molecule has 18 heavy (non-hydrogen) atoms. The summed E-state index contributed by atoms with van der Waals surface area (Å²) in [6.07, 6.45) is 3.96. The van der Waals surface area contributed by atoms with Crippen molar-refractivity contribution in [1.29, 1.82) is 0 Å². The first-order valence-corrected chi connectivity index (χ1v) is 6.47. The van der Waals surface area contributed by atoms with Crippen molar-refractivity contribution < 1.29 is 9.47 Å². The van der Waals surface area contributed by atoms with Crippen LogP contribution in [0.1, 0.15) is 24.5 Å². The Balaban J connectivity index is 1.86. The minimum Gasteiger partial charge on any atom is -0.480 e. The van der Waals surface area contributed by atoms with Crippen molar-refractivity contribution in [3.8, 4) is 11.8 Å². The van der Waals surface area contributed by atoms with E-state index >= 15 is 0 Å². The average Bonchev–Trinajstić information content (AvgIpc) is 2.98. The summed E-state index contributed by atoms with van der Waals surface area (Å²) in [5, 5.41) is 3.46. The molecule has 3 rings (SSSR count). The van der Waals surface area contributed by atoms with Crippen molar-refractivity contribution >= 4 is 0 Å². The molecule has 5 heteroatoms. The quantitative estimate of drug-likeness (QED) is 0.872. The van der Waals surface area contributed by atoms with Gasteiger partial charge in [0.1, 0.15) is 5.69 Å². The second kappa shape index (κ2) is 4.72. The largest absolute Gasteiger partial charge is 0.480 e. The first-order chi connectivity index (χ1) is 8.81. The van der Waals surface area contributed by atoms with Gasteiger partial charge in [-0.3, -0.25) is 0 Å². The van der Waals surface area contributed by atoms with Gasteiger partial charge in [0.2, 0.25) is 11.8 Å². The summed E-state index contributed by atoms with van der Waals surface area (Å²) in [5.41, 5.74) is 0.964. The predicted molar refractivity (Wildman–Crippen MR) is 67.0 cm³/mol. The van der Waals surface area contributed by atoms with Crippen LogP contribution in [-0.4, -0.2) is 37.3 Å². The minimum atomic E-state index is 0.458. The van der Waals surface area contributed by atoms with Gasteiger partial charge in [0, 0.05) is 5.92 Å². The average molecular weight is 249 g/mol. The maximum atomic E-state index is 5.33. The Bertz CT molecular complexity index is 426. The van der Waals surface area contributed by atoms with Gasteiger partial charge in [-0.05, 0) is 37.8 Å². The van der Waals surface area contributed by atoms with Crippen LogP contribution in [0.25, 0.3) is 0 Å². The minimum absolute atomic E-state index is 0.458. The van der Waals surface area contributed by atoms with Gasteiger partial charge in [-0.25, -0.2) is 9.97 Å². The van der Waals surface area contributed by atoms with E-state index in [0.717, 1.165) is 30.6 Å². The first kappa shape index (κ1) is 11.7. The molecular weight excluding hydrogens is 230 g/mol. The normalized spacial score (nSPS) is 30.2. The number of rotatable bonds is 3. The number of hydrogen-bond acceptors (Lipinski definition) is 5. The zero-order chi connectivity index (χ0) is 12.5. The summed E-state index contributed by atoms with van der Waals surface area (Å²) in [6.45, 7) is 2.28. The maximum Gasteiger partial charge on any atom is 0.235 e. The molecular formula is C13H19N3O2. The summed E-state index contributed by atoms with van der Waals surface area (Å²) in [5.74, 6) is 3.25. The lowest BCUT2D eigenvalue weighted by molar-refractivity contribution is 0.362. The summed E-state index contributed by atoms with van der Waals surface area (Å²) < 4.78 is 10.5. The number of ether oxygens (including phenoxy) is 2. The van der Waals surface area contributed by atoms with Gasteiger partial charge in [0.15, 0.2) is 0 Å². The van der Waals surface area contributed by atoms with Crippen molar-refractivity contribution in [2.75, 3.05) is 27.3 Å². The molecule has 1 aliphatic carbocycles. The van der Waals surface area contributed by atoms with Gasteiger partial charge >= 0.3 is 0 Å². The molecule has 1 N–H and O–H groups in total. The Morgan fingerprint density at radius 2 is 1.89 bits per heavy atom. The standard InChI is InChI=1S/C13H19N3O2/c1-17-11-7-15-13(18-2)12(16-11)8-3-9-5-14-6-10(9)4-8/h7-10,14H,3-6H2,1-2H3. The highest BCUT2D eigenvalue weighted by Gasteiger charge is 2.39. The summed E-state index contributed by atoms with van der Waals surface area (Å²) >= 11 is 0. The van der Waals surface area contributed by atoms with Crippen LogP contribution in [-0.2, 0) is 0 Å². The molecule has 0 amide bonds. The van der Waals surface area contributed by atoms with Gasteiger partial charge in [0.05, 0.1) is 20.4 Å². The zero-order valence-electron chi connectivity index (χ0n) is 10.8. The monoisotopic (exact) mass is 249 g/mol. The van der Waals surface area contributed by atoms with E-state index in [2.05, 4.69) is 15.3 Å². The van der Waals surface area contributed by atoms with E-state index in [1.54, 1.807) is 20.4 Å². The second-order valence-electron chi connectivity index (χ2n) is 5.15. The van der Waals surface area contributed by atoms with E-state index < -0.39 is 0 Å². The van der Waals surface area contributed by atoms with Crippen LogP contribution in [0.4, 0.5) is 0 Å². The SMILES string of the molecule is COc1cnc(OC)c(C2CC3CNCC3C2)n1. The van der Waals surface area contributed by atoms with Crippen molar-refractivity contribution in [2.45, 2.75) is 18.8 Å². The fourth-order valence-corrected chi connectivity index (χ4v) is 3.29. The van der Waals surface area contributed by atoms with Crippen LogP contribution in [0.5, 0.6) is 11.8 Å².